The van der Waals surface area contributed by atoms with Gasteiger partial charge in [-0.3, -0.25) is 14.3 Å². The van der Waals surface area contributed by atoms with E-state index < -0.39 is 0 Å². The van der Waals surface area contributed by atoms with E-state index in [0.29, 0.717) is 30.4 Å². The Morgan fingerprint density at radius 3 is 2.63 bits per heavy atom. The molecule has 0 saturated carbocycles. The molecule has 2 aromatic heterocycles. The smallest absolute Gasteiger partial charge is 0.251 e. The lowest BCUT2D eigenvalue weighted by molar-refractivity contribution is -0.131. The lowest BCUT2D eigenvalue weighted by Gasteiger charge is -2.30. The molecule has 0 spiro atoms. The van der Waals surface area contributed by atoms with Gasteiger partial charge in [-0.05, 0) is 44.9 Å². The van der Waals surface area contributed by atoms with Gasteiger partial charge in [0.2, 0.25) is 17.6 Å². The number of hydrogen-bond donors (Lipinski definition) is 1. The van der Waals surface area contributed by atoms with Gasteiger partial charge in [0.15, 0.2) is 0 Å². The second-order valence-electron chi connectivity index (χ2n) is 8.79. The highest BCUT2D eigenvalue weighted by molar-refractivity contribution is 5.96. The third-order valence-corrected chi connectivity index (χ3v) is 6.64. The van der Waals surface area contributed by atoms with Gasteiger partial charge in [0, 0.05) is 47.8 Å². The van der Waals surface area contributed by atoms with Crippen LogP contribution in [-0.2, 0) is 11.3 Å². The number of piperidine rings is 1. The molecule has 35 heavy (non-hydrogen) atoms. The maximum Gasteiger partial charge on any atom is 0.251 e. The van der Waals surface area contributed by atoms with Crippen LogP contribution in [0.5, 0.6) is 0 Å². The van der Waals surface area contributed by atoms with Crippen molar-refractivity contribution < 1.29 is 14.1 Å². The monoisotopic (exact) mass is 472 g/mol. The topological polar surface area (TPSA) is 106 Å². The van der Waals surface area contributed by atoms with Crippen LogP contribution >= 0.6 is 0 Å². The van der Waals surface area contributed by atoms with Crippen LogP contribution in [0.1, 0.15) is 47.6 Å². The van der Waals surface area contributed by atoms with Crippen LogP contribution in [-0.4, -0.2) is 56.3 Å². The largest absolute Gasteiger partial charge is 0.343 e. The summed E-state index contributed by atoms with van der Waals surface area (Å²) in [6.07, 6.45) is 1.47. The Bertz CT molecular complexity index is 1350. The Hall–Kier alpha value is -4.01. The van der Waals surface area contributed by atoms with E-state index in [1.54, 1.807) is 29.2 Å². The number of carbonyl (C=O) groups excluding carboxylic acids is 2. The summed E-state index contributed by atoms with van der Waals surface area (Å²) in [6.45, 7) is 6.12. The summed E-state index contributed by atoms with van der Waals surface area (Å²) in [5, 5.41) is 12.7. The Morgan fingerprint density at radius 2 is 1.89 bits per heavy atom. The Balaban J connectivity index is 1.18. The van der Waals surface area contributed by atoms with Gasteiger partial charge in [0.25, 0.3) is 5.91 Å². The molecule has 4 aromatic rings. The second-order valence-corrected chi connectivity index (χ2v) is 8.79. The molecule has 0 unspecified atom stereocenters. The number of amides is 2. The van der Waals surface area contributed by atoms with Gasteiger partial charge >= 0.3 is 0 Å². The lowest BCUT2D eigenvalue weighted by atomic mass is 9.96. The molecule has 0 aliphatic carbocycles. The van der Waals surface area contributed by atoms with E-state index in [1.807, 2.05) is 22.9 Å². The number of benzene rings is 2. The van der Waals surface area contributed by atoms with Gasteiger partial charge in [0.1, 0.15) is 0 Å². The summed E-state index contributed by atoms with van der Waals surface area (Å²) in [5.41, 5.74) is 3.47. The van der Waals surface area contributed by atoms with Crippen molar-refractivity contribution in [2.75, 3.05) is 19.6 Å². The number of carbonyl (C=O) groups is 2. The van der Waals surface area contributed by atoms with Crippen LogP contribution in [0.25, 0.3) is 22.3 Å². The molecule has 5 rings (SSSR count). The van der Waals surface area contributed by atoms with E-state index in [9.17, 15) is 9.59 Å². The van der Waals surface area contributed by atoms with Crippen molar-refractivity contribution in [1.82, 2.24) is 30.1 Å². The molecular formula is C26H28N6O3. The van der Waals surface area contributed by atoms with Gasteiger partial charge in [-0.25, -0.2) is 0 Å². The molecule has 1 aliphatic rings. The van der Waals surface area contributed by atoms with Crippen molar-refractivity contribution in [2.45, 2.75) is 39.2 Å². The zero-order valence-electron chi connectivity index (χ0n) is 19.9. The normalized spacial score (nSPS) is 14.4. The molecule has 180 valence electrons. The summed E-state index contributed by atoms with van der Waals surface area (Å²) in [4.78, 5) is 31.2. The number of nitrogens with zero attached hydrogens (tertiary/aromatic N) is 5. The average molecular weight is 473 g/mol. The van der Waals surface area contributed by atoms with Crippen LogP contribution in [0.3, 0.4) is 0 Å². The number of aryl methyl sites for hydroxylation is 2. The molecule has 2 aromatic carbocycles. The molecule has 2 amide bonds. The molecule has 9 nitrogen and oxygen atoms in total. The van der Waals surface area contributed by atoms with Gasteiger partial charge in [-0.15, -0.1) is 0 Å². The van der Waals surface area contributed by atoms with Crippen LogP contribution in [0.4, 0.5) is 0 Å². The minimum Gasteiger partial charge on any atom is -0.343 e. The van der Waals surface area contributed by atoms with Crippen molar-refractivity contribution in [3.63, 3.8) is 0 Å². The third kappa shape index (κ3) is 4.66. The molecule has 1 N–H and O–H groups in total. The molecule has 0 radical (unpaired) electrons. The molecule has 1 fully saturated rings. The summed E-state index contributed by atoms with van der Waals surface area (Å²) >= 11 is 0. The predicted molar refractivity (Wildman–Crippen MR) is 131 cm³/mol. The summed E-state index contributed by atoms with van der Waals surface area (Å²) in [6, 6.07) is 14.9. The van der Waals surface area contributed by atoms with E-state index in [-0.39, 0.29) is 24.3 Å². The van der Waals surface area contributed by atoms with Gasteiger partial charge < -0.3 is 14.7 Å². The molecule has 1 saturated heterocycles. The first-order chi connectivity index (χ1) is 17.0. The first kappa shape index (κ1) is 22.8. The maximum absolute atomic E-state index is 12.6. The number of fused-ring (bicyclic) bond motifs is 1. The van der Waals surface area contributed by atoms with Crippen molar-refractivity contribution in [2.24, 2.45) is 0 Å². The average Bonchev–Trinajstić information content (AvgIpc) is 3.52. The van der Waals surface area contributed by atoms with E-state index in [4.69, 9.17) is 4.52 Å². The fourth-order valence-corrected chi connectivity index (χ4v) is 4.56. The van der Waals surface area contributed by atoms with E-state index in [2.05, 4.69) is 40.5 Å². The summed E-state index contributed by atoms with van der Waals surface area (Å²) < 4.78 is 7.58. The van der Waals surface area contributed by atoms with Crippen molar-refractivity contribution >= 4 is 22.7 Å². The van der Waals surface area contributed by atoms with Gasteiger partial charge in [-0.2, -0.15) is 10.1 Å². The van der Waals surface area contributed by atoms with Gasteiger partial charge in [-0.1, -0.05) is 35.5 Å². The third-order valence-electron chi connectivity index (χ3n) is 6.64. The SMILES string of the molecule is CCn1nc2cc(-c3noc(C4CCN(C(=O)CNC(=O)c5ccccc5)CC4)n3)ccc2c1C. The maximum atomic E-state index is 12.6. The molecule has 1 aliphatic heterocycles. The molecule has 9 heteroatoms. The van der Waals surface area contributed by atoms with Crippen molar-refractivity contribution in [1.29, 1.82) is 0 Å². The molecule has 3 heterocycles. The number of likely N-dealkylation sites (tertiary alicyclic amines) is 1. The van der Waals surface area contributed by atoms with E-state index in [0.717, 1.165) is 41.5 Å². The van der Waals surface area contributed by atoms with Crippen LogP contribution in [0, 0.1) is 6.92 Å². The highest BCUT2D eigenvalue weighted by Crippen LogP contribution is 2.30. The highest BCUT2D eigenvalue weighted by Gasteiger charge is 2.28. The zero-order chi connectivity index (χ0) is 24.4. The Morgan fingerprint density at radius 1 is 1.11 bits per heavy atom. The van der Waals surface area contributed by atoms with Crippen LogP contribution in [0.2, 0.25) is 0 Å². The lowest BCUT2D eigenvalue weighted by Crippen LogP contribution is -2.43. The first-order valence-electron chi connectivity index (χ1n) is 12.0. The quantitative estimate of drug-likeness (QED) is 0.460. The Labute approximate surface area is 203 Å². The fourth-order valence-electron chi connectivity index (χ4n) is 4.56. The van der Waals surface area contributed by atoms with Crippen LogP contribution in [0.15, 0.2) is 53.1 Å². The summed E-state index contributed by atoms with van der Waals surface area (Å²) in [5.74, 6) is 0.910. The van der Waals surface area contributed by atoms with Crippen molar-refractivity contribution in [3.8, 4) is 11.4 Å². The zero-order valence-corrected chi connectivity index (χ0v) is 19.9. The van der Waals surface area contributed by atoms with E-state index >= 15 is 0 Å². The predicted octanol–water partition coefficient (Wildman–Crippen LogP) is 3.55. The fraction of sp³-hybridized carbons (Fsp3) is 0.346. The van der Waals surface area contributed by atoms with E-state index in [1.165, 1.54) is 0 Å². The standard InChI is InChI=1S/C26H28N6O3/c1-3-32-17(2)21-10-9-20(15-22(21)29-32)24-28-26(35-30-24)19-11-13-31(14-12-19)23(33)16-27-25(34)18-7-5-4-6-8-18/h4-10,15,19H,3,11-14,16H2,1-2H3,(H,27,34). The number of hydrogen-bond acceptors (Lipinski definition) is 6. The molecule has 0 bridgehead atoms. The first-order valence-corrected chi connectivity index (χ1v) is 12.0. The Kier molecular flexibility index (Phi) is 6.31. The number of nitrogens with one attached hydrogen (secondary N) is 1. The molecular weight excluding hydrogens is 444 g/mol. The highest BCUT2D eigenvalue weighted by atomic mass is 16.5. The second kappa shape index (κ2) is 9.69. The van der Waals surface area contributed by atoms with Crippen molar-refractivity contribution in [3.05, 3.63) is 65.7 Å². The number of aromatic nitrogens is 4. The molecule has 0 atom stereocenters. The number of rotatable bonds is 6. The minimum absolute atomic E-state index is 0.0150. The summed E-state index contributed by atoms with van der Waals surface area (Å²) in [7, 11) is 0. The van der Waals surface area contributed by atoms with Crippen LogP contribution < -0.4 is 5.32 Å². The minimum atomic E-state index is -0.248. The van der Waals surface area contributed by atoms with Gasteiger partial charge in [0.05, 0.1) is 12.1 Å².